The molecule has 3 heterocycles. The van der Waals surface area contributed by atoms with Crippen LogP contribution in [0, 0.1) is 0 Å². The minimum Gasteiger partial charge on any atom is -0.493 e. The largest absolute Gasteiger partial charge is 0.493 e. The fraction of sp³-hybridized carbons (Fsp3) is 0.538. The first-order chi connectivity index (χ1) is 9.08. The smallest absolute Gasteiger partial charge is 0.254 e. The van der Waals surface area contributed by atoms with E-state index >= 15 is 0 Å². The standard InChI is InChI=1S/C13H16N2O4/c1-7-11-8(4-5-19-7)6-15(13(11)18)9-2-3-10(16)14-12(9)17/h4-5,7,9,12,17H,2-3,6H2,1H3,(H,14,16). The molecule has 2 N–H and O–H groups in total. The Balaban J connectivity index is 1.80. The van der Waals surface area contributed by atoms with Gasteiger partial charge in [0.2, 0.25) is 5.91 Å². The van der Waals surface area contributed by atoms with Crippen molar-refractivity contribution in [1.82, 2.24) is 10.2 Å². The van der Waals surface area contributed by atoms with E-state index in [4.69, 9.17) is 4.74 Å². The van der Waals surface area contributed by atoms with Crippen LogP contribution in [0.5, 0.6) is 0 Å². The summed E-state index contributed by atoms with van der Waals surface area (Å²) in [7, 11) is 0. The van der Waals surface area contributed by atoms with Gasteiger partial charge in [-0.1, -0.05) is 0 Å². The number of piperidine rings is 1. The first kappa shape index (κ1) is 12.2. The van der Waals surface area contributed by atoms with Gasteiger partial charge in [-0.25, -0.2) is 0 Å². The molecule has 3 atom stereocenters. The van der Waals surface area contributed by atoms with Crippen molar-refractivity contribution in [3.63, 3.8) is 0 Å². The minimum atomic E-state index is -0.994. The minimum absolute atomic E-state index is 0.105. The SMILES string of the molecule is CC1OC=CC2=C1C(=O)N(C1CCC(=O)NC1O)C2. The number of ether oxygens (including phenoxy) is 1. The third-order valence-corrected chi connectivity index (χ3v) is 3.88. The molecule has 0 saturated carbocycles. The quantitative estimate of drug-likeness (QED) is 0.679. The van der Waals surface area contributed by atoms with Crippen LogP contribution in [0.25, 0.3) is 0 Å². The number of hydrogen-bond donors (Lipinski definition) is 2. The number of carbonyl (C=O) groups excluding carboxylic acids is 2. The Morgan fingerprint density at radius 1 is 1.47 bits per heavy atom. The summed E-state index contributed by atoms with van der Waals surface area (Å²) >= 11 is 0. The zero-order valence-electron chi connectivity index (χ0n) is 10.6. The Morgan fingerprint density at radius 3 is 2.95 bits per heavy atom. The Bertz CT molecular complexity index is 497. The molecule has 0 aliphatic carbocycles. The molecule has 6 heteroatoms. The van der Waals surface area contributed by atoms with E-state index in [1.54, 1.807) is 17.2 Å². The molecule has 1 fully saturated rings. The van der Waals surface area contributed by atoms with E-state index in [0.717, 1.165) is 5.57 Å². The van der Waals surface area contributed by atoms with Gasteiger partial charge >= 0.3 is 0 Å². The second-order valence-electron chi connectivity index (χ2n) is 5.07. The number of aliphatic hydroxyl groups excluding tert-OH is 1. The van der Waals surface area contributed by atoms with Gasteiger partial charge in [0.05, 0.1) is 17.9 Å². The van der Waals surface area contributed by atoms with Crippen molar-refractivity contribution in [3.8, 4) is 0 Å². The number of amides is 2. The van der Waals surface area contributed by atoms with E-state index in [9.17, 15) is 14.7 Å². The van der Waals surface area contributed by atoms with Crippen LogP contribution in [-0.2, 0) is 14.3 Å². The van der Waals surface area contributed by atoms with E-state index in [0.29, 0.717) is 25.0 Å². The molecule has 3 rings (SSSR count). The Kier molecular flexibility index (Phi) is 2.82. The first-order valence-corrected chi connectivity index (χ1v) is 6.41. The number of carbonyl (C=O) groups is 2. The normalized spacial score (nSPS) is 34.2. The van der Waals surface area contributed by atoms with Crippen LogP contribution in [0.15, 0.2) is 23.5 Å². The van der Waals surface area contributed by atoms with Crippen LogP contribution in [0.1, 0.15) is 19.8 Å². The number of rotatable bonds is 1. The zero-order valence-corrected chi connectivity index (χ0v) is 10.6. The lowest BCUT2D eigenvalue weighted by molar-refractivity contribution is -0.139. The summed E-state index contributed by atoms with van der Waals surface area (Å²) in [5.74, 6) is -0.281. The van der Waals surface area contributed by atoms with Gasteiger partial charge in [-0.05, 0) is 25.0 Å². The fourth-order valence-electron chi connectivity index (χ4n) is 2.88. The van der Waals surface area contributed by atoms with Crippen LogP contribution in [0.2, 0.25) is 0 Å². The molecule has 19 heavy (non-hydrogen) atoms. The highest BCUT2D eigenvalue weighted by Crippen LogP contribution is 2.31. The van der Waals surface area contributed by atoms with Crippen LogP contribution in [-0.4, -0.2) is 46.7 Å². The maximum atomic E-state index is 12.4. The van der Waals surface area contributed by atoms with E-state index in [1.807, 2.05) is 6.92 Å². The maximum absolute atomic E-state index is 12.4. The molecule has 0 spiro atoms. The van der Waals surface area contributed by atoms with Gasteiger partial charge in [0.25, 0.3) is 5.91 Å². The second kappa shape index (κ2) is 4.38. The Labute approximate surface area is 110 Å². The van der Waals surface area contributed by atoms with Crippen LogP contribution in [0.4, 0.5) is 0 Å². The molecule has 3 aliphatic heterocycles. The van der Waals surface area contributed by atoms with Crippen molar-refractivity contribution >= 4 is 11.8 Å². The topological polar surface area (TPSA) is 78.9 Å². The summed E-state index contributed by atoms with van der Waals surface area (Å²) in [6, 6.07) is -0.364. The number of nitrogens with one attached hydrogen (secondary N) is 1. The highest BCUT2D eigenvalue weighted by atomic mass is 16.5. The average Bonchev–Trinajstić information content (AvgIpc) is 2.68. The lowest BCUT2D eigenvalue weighted by Crippen LogP contribution is -2.56. The third-order valence-electron chi connectivity index (χ3n) is 3.88. The molecule has 0 aromatic rings. The summed E-state index contributed by atoms with van der Waals surface area (Å²) in [5.41, 5.74) is 1.60. The number of aliphatic hydroxyl groups is 1. The van der Waals surface area contributed by atoms with Crippen molar-refractivity contribution in [3.05, 3.63) is 23.5 Å². The number of nitrogens with zero attached hydrogens (tertiary/aromatic N) is 1. The third kappa shape index (κ3) is 1.92. The molecule has 3 unspecified atom stereocenters. The van der Waals surface area contributed by atoms with Gasteiger partial charge in [-0.3, -0.25) is 9.59 Å². The molecule has 102 valence electrons. The van der Waals surface area contributed by atoms with E-state index < -0.39 is 6.23 Å². The van der Waals surface area contributed by atoms with Gasteiger partial charge in [-0.15, -0.1) is 0 Å². The van der Waals surface area contributed by atoms with Crippen LogP contribution in [0.3, 0.4) is 0 Å². The molecular formula is C13H16N2O4. The molecular weight excluding hydrogens is 248 g/mol. The molecule has 3 aliphatic rings. The highest BCUT2D eigenvalue weighted by molar-refractivity contribution is 5.99. The molecule has 0 radical (unpaired) electrons. The molecule has 6 nitrogen and oxygen atoms in total. The molecule has 1 saturated heterocycles. The van der Waals surface area contributed by atoms with Crippen molar-refractivity contribution in [2.24, 2.45) is 0 Å². The zero-order chi connectivity index (χ0) is 13.6. The van der Waals surface area contributed by atoms with Gasteiger partial charge in [-0.2, -0.15) is 0 Å². The lowest BCUT2D eigenvalue weighted by Gasteiger charge is -2.35. The average molecular weight is 264 g/mol. The number of hydrogen-bond acceptors (Lipinski definition) is 4. The highest BCUT2D eigenvalue weighted by Gasteiger charge is 2.42. The van der Waals surface area contributed by atoms with Crippen LogP contribution < -0.4 is 5.32 Å². The summed E-state index contributed by atoms with van der Waals surface area (Å²) < 4.78 is 5.32. The molecule has 2 amide bonds. The Hall–Kier alpha value is -1.82. The van der Waals surface area contributed by atoms with Gasteiger partial charge < -0.3 is 20.1 Å². The van der Waals surface area contributed by atoms with E-state index in [1.165, 1.54) is 0 Å². The van der Waals surface area contributed by atoms with Crippen molar-refractivity contribution in [2.45, 2.75) is 38.1 Å². The lowest BCUT2D eigenvalue weighted by atomic mass is 10.0. The van der Waals surface area contributed by atoms with E-state index in [-0.39, 0.29) is 24.0 Å². The fourth-order valence-corrected chi connectivity index (χ4v) is 2.88. The summed E-state index contributed by atoms with van der Waals surface area (Å²) in [5, 5.41) is 12.4. The van der Waals surface area contributed by atoms with Gasteiger partial charge in [0, 0.05) is 13.0 Å². The molecule has 0 aromatic heterocycles. The van der Waals surface area contributed by atoms with E-state index in [2.05, 4.69) is 5.32 Å². The van der Waals surface area contributed by atoms with Crippen molar-refractivity contribution in [1.29, 1.82) is 0 Å². The summed E-state index contributed by atoms with van der Waals surface area (Å²) in [4.78, 5) is 25.2. The van der Waals surface area contributed by atoms with Gasteiger partial charge in [0.1, 0.15) is 12.3 Å². The van der Waals surface area contributed by atoms with Crippen LogP contribution >= 0.6 is 0 Å². The maximum Gasteiger partial charge on any atom is 0.254 e. The second-order valence-corrected chi connectivity index (χ2v) is 5.07. The predicted molar refractivity (Wildman–Crippen MR) is 65.6 cm³/mol. The van der Waals surface area contributed by atoms with Crippen molar-refractivity contribution in [2.75, 3.05) is 6.54 Å². The first-order valence-electron chi connectivity index (χ1n) is 6.41. The Morgan fingerprint density at radius 2 is 2.26 bits per heavy atom. The summed E-state index contributed by atoms with van der Waals surface area (Å²) in [6.45, 7) is 2.30. The monoisotopic (exact) mass is 264 g/mol. The van der Waals surface area contributed by atoms with Gasteiger partial charge in [0.15, 0.2) is 0 Å². The summed E-state index contributed by atoms with van der Waals surface area (Å²) in [6.07, 6.45) is 2.95. The molecule has 0 bridgehead atoms. The predicted octanol–water partition coefficient (Wildman–Crippen LogP) is -0.345. The molecule has 0 aromatic carbocycles. The van der Waals surface area contributed by atoms with Crippen molar-refractivity contribution < 1.29 is 19.4 Å².